The Balaban J connectivity index is 1.17. The van der Waals surface area contributed by atoms with Crippen LogP contribution in [0.4, 0.5) is 0 Å². The Bertz CT molecular complexity index is 3540. The van der Waals surface area contributed by atoms with Gasteiger partial charge < -0.3 is 4.57 Å². The van der Waals surface area contributed by atoms with Crippen molar-refractivity contribution in [1.82, 2.24) is 24.1 Å². The van der Waals surface area contributed by atoms with Gasteiger partial charge >= 0.3 is 0 Å². The molecule has 5 heteroatoms. The van der Waals surface area contributed by atoms with Crippen LogP contribution in [0.2, 0.25) is 0 Å². The monoisotopic (exact) mass is 713 g/mol. The minimum absolute atomic E-state index is 0.577. The van der Waals surface area contributed by atoms with Gasteiger partial charge in [0.1, 0.15) is 0 Å². The van der Waals surface area contributed by atoms with Crippen molar-refractivity contribution in [3.63, 3.8) is 0 Å². The average molecular weight is 714 g/mol. The van der Waals surface area contributed by atoms with Gasteiger partial charge in [-0.2, -0.15) is 9.97 Å². The van der Waals surface area contributed by atoms with Crippen LogP contribution in [-0.2, 0) is 0 Å². The number of rotatable bonds is 4. The van der Waals surface area contributed by atoms with Crippen molar-refractivity contribution in [2.45, 2.75) is 0 Å². The van der Waals surface area contributed by atoms with Crippen molar-refractivity contribution >= 4 is 75.9 Å². The van der Waals surface area contributed by atoms with E-state index in [1.54, 1.807) is 0 Å². The standard InChI is InChI=1S/C51H31N5/c1-2-14-33(15-3-1)49-52-50(41-23-12-20-32-13-8-9-21-39(32)41)54-51(53-49)56-46-26-25-38(31-44(46)43-28-35-17-5-7-19-37(35)30-48(43)56)55-45-24-11-10-22-40(45)42-27-34-16-4-6-18-36(34)29-47(42)55/h1-31H. The molecule has 0 saturated carbocycles. The summed E-state index contributed by atoms with van der Waals surface area (Å²) in [5.41, 5.74) is 7.43. The maximum Gasteiger partial charge on any atom is 0.238 e. The maximum atomic E-state index is 5.32. The molecule has 0 aliphatic heterocycles. The van der Waals surface area contributed by atoms with E-state index in [9.17, 15) is 0 Å². The van der Waals surface area contributed by atoms with Crippen molar-refractivity contribution in [2.75, 3.05) is 0 Å². The molecule has 0 saturated heterocycles. The van der Waals surface area contributed by atoms with E-state index in [0.717, 1.165) is 54.8 Å². The molecule has 0 N–H and O–H groups in total. The normalized spacial score (nSPS) is 11.9. The number of aromatic nitrogens is 5. The summed E-state index contributed by atoms with van der Waals surface area (Å²) in [5.74, 6) is 1.84. The highest BCUT2D eigenvalue weighted by molar-refractivity contribution is 6.16. The second kappa shape index (κ2) is 11.9. The molecule has 12 rings (SSSR count). The molecule has 56 heavy (non-hydrogen) atoms. The lowest BCUT2D eigenvalue weighted by Crippen LogP contribution is -2.06. The van der Waals surface area contributed by atoms with Crippen LogP contribution in [-0.4, -0.2) is 24.1 Å². The molecule has 0 spiro atoms. The summed E-state index contributed by atoms with van der Waals surface area (Å²) in [6.45, 7) is 0. The van der Waals surface area contributed by atoms with E-state index in [4.69, 9.17) is 15.0 Å². The van der Waals surface area contributed by atoms with Gasteiger partial charge in [0, 0.05) is 38.4 Å². The minimum atomic E-state index is 0.577. The number of hydrogen-bond donors (Lipinski definition) is 0. The van der Waals surface area contributed by atoms with Crippen LogP contribution in [0.5, 0.6) is 0 Å². The molecule has 0 fully saturated rings. The van der Waals surface area contributed by atoms with Gasteiger partial charge in [-0.05, 0) is 80.8 Å². The van der Waals surface area contributed by atoms with Gasteiger partial charge in [-0.25, -0.2) is 4.98 Å². The van der Waals surface area contributed by atoms with Crippen LogP contribution in [0.25, 0.3) is 110 Å². The first-order chi connectivity index (χ1) is 27.7. The van der Waals surface area contributed by atoms with E-state index in [2.05, 4.69) is 179 Å². The van der Waals surface area contributed by atoms with Crippen molar-refractivity contribution in [3.8, 4) is 34.4 Å². The SMILES string of the molecule is c1ccc(-c2nc(-c3cccc4ccccc34)nc(-n3c4ccc(-n5c6ccccc6c6cc7ccccc7cc65)cc4c4cc5ccccc5cc43)n2)cc1. The van der Waals surface area contributed by atoms with Crippen LogP contribution in [0.15, 0.2) is 188 Å². The van der Waals surface area contributed by atoms with E-state index in [1.807, 2.05) is 18.2 Å². The number of nitrogens with zero attached hydrogens (tertiary/aromatic N) is 5. The third-order valence-electron chi connectivity index (χ3n) is 11.3. The smallest absolute Gasteiger partial charge is 0.238 e. The molecule has 9 aromatic carbocycles. The molecule has 3 heterocycles. The molecule has 0 aliphatic rings. The summed E-state index contributed by atoms with van der Waals surface area (Å²) in [4.78, 5) is 15.7. The van der Waals surface area contributed by atoms with Crippen LogP contribution in [0, 0.1) is 0 Å². The lowest BCUT2D eigenvalue weighted by atomic mass is 10.0. The number of fused-ring (bicyclic) bond motifs is 9. The molecule has 3 aromatic heterocycles. The molecule has 0 bridgehead atoms. The number of benzene rings is 9. The summed E-state index contributed by atoms with van der Waals surface area (Å²) in [6.07, 6.45) is 0. The highest BCUT2D eigenvalue weighted by Gasteiger charge is 2.21. The average Bonchev–Trinajstić information content (AvgIpc) is 3.75. The van der Waals surface area contributed by atoms with Crippen molar-refractivity contribution in [2.24, 2.45) is 0 Å². The van der Waals surface area contributed by atoms with Crippen LogP contribution >= 0.6 is 0 Å². The highest BCUT2D eigenvalue weighted by Crippen LogP contribution is 2.39. The van der Waals surface area contributed by atoms with E-state index in [0.29, 0.717) is 17.6 Å². The highest BCUT2D eigenvalue weighted by atomic mass is 15.2. The van der Waals surface area contributed by atoms with Gasteiger partial charge in [-0.1, -0.05) is 140 Å². The van der Waals surface area contributed by atoms with Gasteiger partial charge in [-0.3, -0.25) is 4.57 Å². The Labute approximate surface area is 321 Å². The van der Waals surface area contributed by atoms with Crippen LogP contribution < -0.4 is 0 Å². The molecule has 0 radical (unpaired) electrons. The van der Waals surface area contributed by atoms with E-state index < -0.39 is 0 Å². The lowest BCUT2D eigenvalue weighted by molar-refractivity contribution is 0.954. The summed E-state index contributed by atoms with van der Waals surface area (Å²) in [5, 5.41) is 11.8. The van der Waals surface area contributed by atoms with Gasteiger partial charge in [0.2, 0.25) is 5.95 Å². The Hall–Kier alpha value is -7.63. The second-order valence-electron chi connectivity index (χ2n) is 14.5. The molecule has 0 amide bonds. The Morgan fingerprint density at radius 2 is 0.839 bits per heavy atom. The molecular weight excluding hydrogens is 683 g/mol. The molecule has 12 aromatic rings. The molecule has 0 atom stereocenters. The topological polar surface area (TPSA) is 48.5 Å². The molecular formula is C51H31N5. The van der Waals surface area contributed by atoms with Gasteiger partial charge in [0.15, 0.2) is 11.6 Å². The summed E-state index contributed by atoms with van der Waals surface area (Å²) < 4.78 is 4.64. The molecule has 260 valence electrons. The lowest BCUT2D eigenvalue weighted by Gasteiger charge is -2.13. The van der Waals surface area contributed by atoms with E-state index in [-0.39, 0.29) is 0 Å². The minimum Gasteiger partial charge on any atom is -0.309 e. The first-order valence-electron chi connectivity index (χ1n) is 18.9. The van der Waals surface area contributed by atoms with Crippen molar-refractivity contribution in [3.05, 3.63) is 188 Å². The van der Waals surface area contributed by atoms with Crippen LogP contribution in [0.3, 0.4) is 0 Å². The van der Waals surface area contributed by atoms with Crippen molar-refractivity contribution < 1.29 is 0 Å². The number of hydrogen-bond acceptors (Lipinski definition) is 3. The Kier molecular flexibility index (Phi) is 6.56. The third kappa shape index (κ3) is 4.64. The zero-order valence-corrected chi connectivity index (χ0v) is 30.1. The van der Waals surface area contributed by atoms with Gasteiger partial charge in [-0.15, -0.1) is 0 Å². The van der Waals surface area contributed by atoms with E-state index >= 15 is 0 Å². The largest absolute Gasteiger partial charge is 0.309 e. The second-order valence-corrected chi connectivity index (χ2v) is 14.5. The quantitative estimate of drug-likeness (QED) is 0.182. The van der Waals surface area contributed by atoms with Crippen molar-refractivity contribution in [1.29, 1.82) is 0 Å². The number of para-hydroxylation sites is 1. The fourth-order valence-corrected chi connectivity index (χ4v) is 8.70. The molecule has 5 nitrogen and oxygen atoms in total. The van der Waals surface area contributed by atoms with E-state index in [1.165, 1.54) is 38.0 Å². The van der Waals surface area contributed by atoms with Gasteiger partial charge in [0.25, 0.3) is 0 Å². The fourth-order valence-electron chi connectivity index (χ4n) is 8.70. The first kappa shape index (κ1) is 30.8. The predicted molar refractivity (Wildman–Crippen MR) is 232 cm³/mol. The zero-order valence-electron chi connectivity index (χ0n) is 30.1. The molecule has 0 aliphatic carbocycles. The maximum absolute atomic E-state index is 5.32. The van der Waals surface area contributed by atoms with Gasteiger partial charge in [0.05, 0.1) is 22.1 Å². The molecule has 0 unspecified atom stereocenters. The Morgan fingerprint density at radius 1 is 0.304 bits per heavy atom. The third-order valence-corrected chi connectivity index (χ3v) is 11.3. The fraction of sp³-hybridized carbons (Fsp3) is 0. The Morgan fingerprint density at radius 3 is 1.59 bits per heavy atom. The summed E-state index contributed by atoms with van der Waals surface area (Å²) in [7, 11) is 0. The predicted octanol–water partition coefficient (Wildman–Crippen LogP) is 12.9. The summed E-state index contributed by atoms with van der Waals surface area (Å²) >= 11 is 0. The first-order valence-corrected chi connectivity index (χ1v) is 18.9. The summed E-state index contributed by atoms with van der Waals surface area (Å²) in [6, 6.07) is 66.9. The van der Waals surface area contributed by atoms with Crippen LogP contribution in [0.1, 0.15) is 0 Å². The zero-order chi connectivity index (χ0) is 36.7.